The minimum Gasteiger partial charge on any atom is -0.326 e. The highest BCUT2D eigenvalue weighted by Crippen LogP contribution is 2.19. The van der Waals surface area contributed by atoms with E-state index in [2.05, 4.69) is 34.9 Å². The molecule has 0 spiro atoms. The molecule has 0 amide bonds. The van der Waals surface area contributed by atoms with E-state index >= 15 is 0 Å². The third kappa shape index (κ3) is 1.62. The van der Waals surface area contributed by atoms with Crippen molar-refractivity contribution in [2.24, 2.45) is 5.73 Å². The Morgan fingerprint density at radius 3 is 2.64 bits per heavy atom. The smallest absolute Gasteiger partial charge is 0.108 e. The summed E-state index contributed by atoms with van der Waals surface area (Å²) in [5.74, 6) is 0. The van der Waals surface area contributed by atoms with Gasteiger partial charge in [0.25, 0.3) is 0 Å². The van der Waals surface area contributed by atoms with Crippen molar-refractivity contribution < 1.29 is 0 Å². The summed E-state index contributed by atoms with van der Waals surface area (Å²) < 4.78 is 2.90. The van der Waals surface area contributed by atoms with Crippen molar-refractivity contribution >= 4 is 15.9 Å². The summed E-state index contributed by atoms with van der Waals surface area (Å²) in [6.45, 7) is 4.70. The maximum atomic E-state index is 5.48. The molecule has 62 valence electrons. The lowest BCUT2D eigenvalue weighted by Crippen LogP contribution is -2.03. The van der Waals surface area contributed by atoms with Crippen molar-refractivity contribution in [2.75, 3.05) is 0 Å². The Balaban J connectivity index is 3.00. The first kappa shape index (κ1) is 8.74. The quantitative estimate of drug-likeness (QED) is 0.820. The Bertz CT molecular complexity index is 242. The second-order valence-electron chi connectivity index (χ2n) is 2.70. The molecule has 0 fully saturated rings. The van der Waals surface area contributed by atoms with Gasteiger partial charge in [-0.1, -0.05) is 0 Å². The highest BCUT2D eigenvalue weighted by molar-refractivity contribution is 9.10. The normalized spacial score (nSPS) is 11.0. The fourth-order valence-electron chi connectivity index (χ4n) is 0.880. The van der Waals surface area contributed by atoms with Gasteiger partial charge in [-0.05, 0) is 29.8 Å². The van der Waals surface area contributed by atoms with Gasteiger partial charge in [-0.25, -0.2) is 0 Å². The Hall–Kier alpha value is -0.350. The van der Waals surface area contributed by atoms with E-state index < -0.39 is 0 Å². The van der Waals surface area contributed by atoms with Crippen LogP contribution in [0.3, 0.4) is 0 Å². The number of hydrogen-bond acceptors (Lipinski definition) is 2. The molecule has 0 unspecified atom stereocenters. The van der Waals surface area contributed by atoms with Crippen LogP contribution in [0.2, 0.25) is 0 Å². The average molecular weight is 218 g/mol. The molecule has 0 aromatic carbocycles. The molecule has 0 radical (unpaired) electrons. The van der Waals surface area contributed by atoms with Crippen LogP contribution in [-0.4, -0.2) is 9.78 Å². The van der Waals surface area contributed by atoms with E-state index in [1.807, 2.05) is 4.68 Å². The van der Waals surface area contributed by atoms with Gasteiger partial charge in [-0.15, -0.1) is 0 Å². The number of hydrogen-bond donors (Lipinski definition) is 1. The second-order valence-corrected chi connectivity index (χ2v) is 3.45. The number of aromatic nitrogens is 2. The van der Waals surface area contributed by atoms with Crippen LogP contribution in [0.25, 0.3) is 0 Å². The number of nitrogens with zero attached hydrogens (tertiary/aromatic N) is 2. The van der Waals surface area contributed by atoms with Gasteiger partial charge < -0.3 is 5.73 Å². The standard InChI is InChI=1S/C7H12BrN3/c1-5(2)11-7(8)6(3-9)4-10-11/h4-5H,3,9H2,1-2H3. The zero-order valence-electron chi connectivity index (χ0n) is 6.71. The van der Waals surface area contributed by atoms with Crippen molar-refractivity contribution in [2.45, 2.75) is 26.4 Å². The van der Waals surface area contributed by atoms with E-state index in [0.29, 0.717) is 12.6 Å². The number of halogens is 1. The minimum absolute atomic E-state index is 0.379. The lowest BCUT2D eigenvalue weighted by atomic mass is 10.3. The van der Waals surface area contributed by atoms with Gasteiger partial charge in [0.15, 0.2) is 0 Å². The summed E-state index contributed by atoms with van der Waals surface area (Å²) in [5.41, 5.74) is 6.54. The molecule has 0 aliphatic heterocycles. The Kier molecular flexibility index (Phi) is 2.67. The van der Waals surface area contributed by atoms with Gasteiger partial charge >= 0.3 is 0 Å². The Morgan fingerprint density at radius 2 is 2.36 bits per heavy atom. The fraction of sp³-hybridized carbons (Fsp3) is 0.571. The largest absolute Gasteiger partial charge is 0.326 e. The minimum atomic E-state index is 0.379. The van der Waals surface area contributed by atoms with Crippen LogP contribution in [0.1, 0.15) is 25.5 Å². The van der Waals surface area contributed by atoms with Gasteiger partial charge in [-0.3, -0.25) is 4.68 Å². The van der Waals surface area contributed by atoms with Crippen molar-refractivity contribution in [1.29, 1.82) is 0 Å². The molecule has 1 heterocycles. The summed E-state index contributed by atoms with van der Waals surface area (Å²) in [7, 11) is 0. The van der Waals surface area contributed by atoms with E-state index in [0.717, 1.165) is 10.2 Å². The van der Waals surface area contributed by atoms with Crippen LogP contribution < -0.4 is 5.73 Å². The molecule has 0 saturated carbocycles. The van der Waals surface area contributed by atoms with E-state index in [1.165, 1.54) is 0 Å². The number of rotatable bonds is 2. The second kappa shape index (κ2) is 3.36. The summed E-state index contributed by atoms with van der Waals surface area (Å²) in [6, 6.07) is 0.379. The molecule has 0 atom stereocenters. The third-order valence-corrected chi connectivity index (χ3v) is 2.39. The van der Waals surface area contributed by atoms with E-state index in [-0.39, 0.29) is 0 Å². The Morgan fingerprint density at radius 1 is 1.73 bits per heavy atom. The first-order chi connectivity index (χ1) is 5.16. The van der Waals surface area contributed by atoms with E-state index in [9.17, 15) is 0 Å². The van der Waals surface area contributed by atoms with Crippen molar-refractivity contribution in [1.82, 2.24) is 9.78 Å². The van der Waals surface area contributed by atoms with Crippen LogP contribution in [-0.2, 0) is 6.54 Å². The van der Waals surface area contributed by atoms with Gasteiger partial charge in [-0.2, -0.15) is 5.10 Å². The van der Waals surface area contributed by atoms with Crippen molar-refractivity contribution in [3.05, 3.63) is 16.4 Å². The lowest BCUT2D eigenvalue weighted by Gasteiger charge is -2.06. The predicted molar refractivity (Wildman–Crippen MR) is 48.2 cm³/mol. The maximum absolute atomic E-state index is 5.48. The zero-order chi connectivity index (χ0) is 8.43. The monoisotopic (exact) mass is 217 g/mol. The summed E-state index contributed by atoms with van der Waals surface area (Å²) in [6.07, 6.45) is 1.80. The first-order valence-electron chi connectivity index (χ1n) is 3.58. The van der Waals surface area contributed by atoms with Gasteiger partial charge in [0.1, 0.15) is 4.60 Å². The highest BCUT2D eigenvalue weighted by Gasteiger charge is 2.07. The number of nitrogens with two attached hydrogens (primary N) is 1. The molecule has 4 heteroatoms. The van der Waals surface area contributed by atoms with Crippen LogP contribution in [0.4, 0.5) is 0 Å². The zero-order valence-corrected chi connectivity index (χ0v) is 8.30. The lowest BCUT2D eigenvalue weighted by molar-refractivity contribution is 0.521. The van der Waals surface area contributed by atoms with Crippen LogP contribution in [0.15, 0.2) is 10.8 Å². The molecule has 0 saturated heterocycles. The molecule has 0 aliphatic carbocycles. The Labute approximate surface area is 74.7 Å². The van der Waals surface area contributed by atoms with Crippen molar-refractivity contribution in [3.63, 3.8) is 0 Å². The highest BCUT2D eigenvalue weighted by atomic mass is 79.9. The SMILES string of the molecule is CC(C)n1ncc(CN)c1Br. The summed E-state index contributed by atoms with van der Waals surface area (Å²) >= 11 is 3.43. The van der Waals surface area contributed by atoms with Gasteiger partial charge in [0.2, 0.25) is 0 Å². The molecule has 3 nitrogen and oxygen atoms in total. The predicted octanol–water partition coefficient (Wildman–Crippen LogP) is 1.69. The van der Waals surface area contributed by atoms with Gasteiger partial charge in [0, 0.05) is 18.2 Å². The van der Waals surface area contributed by atoms with Crippen LogP contribution in [0.5, 0.6) is 0 Å². The van der Waals surface area contributed by atoms with Crippen LogP contribution in [0, 0.1) is 0 Å². The molecule has 0 aliphatic rings. The topological polar surface area (TPSA) is 43.8 Å². The molecule has 1 aromatic heterocycles. The van der Waals surface area contributed by atoms with Gasteiger partial charge in [0.05, 0.1) is 6.20 Å². The summed E-state index contributed by atoms with van der Waals surface area (Å²) in [4.78, 5) is 0. The maximum Gasteiger partial charge on any atom is 0.108 e. The molecule has 1 rings (SSSR count). The molecular formula is C7H12BrN3. The van der Waals surface area contributed by atoms with E-state index in [4.69, 9.17) is 5.73 Å². The van der Waals surface area contributed by atoms with E-state index in [1.54, 1.807) is 6.20 Å². The van der Waals surface area contributed by atoms with Crippen LogP contribution >= 0.6 is 15.9 Å². The molecule has 0 bridgehead atoms. The average Bonchev–Trinajstić information content (AvgIpc) is 2.30. The van der Waals surface area contributed by atoms with Crippen molar-refractivity contribution in [3.8, 4) is 0 Å². The third-order valence-electron chi connectivity index (χ3n) is 1.51. The molecule has 1 aromatic rings. The fourth-order valence-corrected chi connectivity index (χ4v) is 1.65. The summed E-state index contributed by atoms with van der Waals surface area (Å²) in [5, 5.41) is 4.18. The molecular weight excluding hydrogens is 206 g/mol. The first-order valence-corrected chi connectivity index (χ1v) is 4.38. The molecule has 2 N–H and O–H groups in total. The molecule has 11 heavy (non-hydrogen) atoms.